The molecule has 0 atom stereocenters. The molecule has 0 heterocycles. The number of nitrogens with two attached hydrogens (primary N) is 2. The van der Waals surface area contributed by atoms with Crippen LogP contribution in [0.5, 0.6) is 0 Å². The third-order valence-corrected chi connectivity index (χ3v) is 0.638. The zero-order valence-corrected chi connectivity index (χ0v) is 15.3. The second-order valence-corrected chi connectivity index (χ2v) is 2.31. The summed E-state index contributed by atoms with van der Waals surface area (Å²) in [6, 6.07) is 0. The summed E-state index contributed by atoms with van der Waals surface area (Å²) < 4.78 is 13.1. The van der Waals surface area contributed by atoms with Gasteiger partial charge in [0.05, 0.1) is 26.4 Å². The molecule has 0 bridgehead atoms. The molecule has 0 aliphatic carbocycles. The van der Waals surface area contributed by atoms with Crippen molar-refractivity contribution in [1.82, 2.24) is 0 Å². The Morgan fingerprint density at radius 1 is 1.00 bits per heavy atom. The molecule has 0 spiro atoms. The molecule has 0 aromatic carbocycles. The molecule has 0 unspecified atom stereocenters. The van der Waals surface area contributed by atoms with Gasteiger partial charge < -0.3 is 36.2 Å². The maximum atomic E-state index is 8.48. The molecule has 0 aliphatic heterocycles. The Morgan fingerprint density at radius 3 is 1.35 bits per heavy atom. The van der Waals surface area contributed by atoms with E-state index in [4.69, 9.17) is 36.0 Å². The summed E-state index contributed by atoms with van der Waals surface area (Å²) in [4.78, 5) is 17.0. The fourth-order valence-corrected chi connectivity index (χ4v) is 0.231. The average molecular weight is 291 g/mol. The molecule has 0 amide bonds. The van der Waals surface area contributed by atoms with E-state index in [0.29, 0.717) is 26.3 Å². The van der Waals surface area contributed by atoms with Crippen molar-refractivity contribution in [2.75, 3.05) is 39.5 Å². The second-order valence-electron chi connectivity index (χ2n) is 1.86. The van der Waals surface area contributed by atoms with Crippen LogP contribution in [0.2, 0.25) is 0 Å². The summed E-state index contributed by atoms with van der Waals surface area (Å²) >= 11 is 0. The third-order valence-electron chi connectivity index (χ3n) is 0.638. The zero-order chi connectivity index (χ0) is 12.5. The van der Waals surface area contributed by atoms with Gasteiger partial charge in [-0.3, -0.25) is 0 Å². The van der Waals surface area contributed by atoms with Crippen molar-refractivity contribution in [1.29, 1.82) is 0 Å². The maximum absolute atomic E-state index is 8.48. The monoisotopic (exact) mass is 291 g/mol. The Bertz CT molecular complexity index is 117. The van der Waals surface area contributed by atoms with Gasteiger partial charge in [0.25, 0.3) is 8.25 Å². The summed E-state index contributed by atoms with van der Waals surface area (Å²) in [6.45, 7) is 1.89. The molecule has 0 radical (unpaired) electrons. The van der Waals surface area contributed by atoms with Crippen LogP contribution in [0.3, 0.4) is 0 Å². The van der Waals surface area contributed by atoms with Crippen molar-refractivity contribution in [3.05, 3.63) is 0 Å². The van der Waals surface area contributed by atoms with E-state index in [9.17, 15) is 0 Å². The first kappa shape index (κ1) is 31.3. The first-order valence-corrected chi connectivity index (χ1v) is 5.17. The Hall–Kier alpha value is 1.82. The van der Waals surface area contributed by atoms with Crippen LogP contribution < -0.4 is 80.4 Å². The van der Waals surface area contributed by atoms with E-state index in [-0.39, 0.29) is 72.3 Å². The molecule has 94 valence electrons. The fourth-order valence-electron chi connectivity index (χ4n) is 0.231. The van der Waals surface area contributed by atoms with Gasteiger partial charge in [0, 0.05) is 13.1 Å². The summed E-state index contributed by atoms with van der Waals surface area (Å²) in [6.07, 6.45) is 0. The van der Waals surface area contributed by atoms with Crippen LogP contribution in [0.25, 0.3) is 0 Å². The quantitative estimate of drug-likeness (QED) is 0.220. The summed E-state index contributed by atoms with van der Waals surface area (Å²) in [5.41, 5.74) is 9.81. The summed E-state index contributed by atoms with van der Waals surface area (Å²) in [5, 5.41) is 16.2. The molecule has 0 aromatic rings. The van der Waals surface area contributed by atoms with E-state index in [1.807, 2.05) is 0 Å². The first-order chi connectivity index (χ1) is 7.06. The third kappa shape index (κ3) is 95.9. The molecule has 0 saturated heterocycles. The Balaban J connectivity index is -0.0000000425. The normalized spacial score (nSPS) is 7.18. The number of hydrogen-bond acceptors (Lipinski definition) is 8. The molecule has 0 rings (SSSR count). The standard InChI is InChI=1S/C4H10O3.C2H8N2.2Na.HO3P/c5-1-3-7-4-2-6;3-1-2-4;;;1-4(2)3/h5-6H,1-4H2;1-4H2;;;(H,1,2,3)/q;;2*+1;/p-1. The minimum Gasteiger partial charge on any atom is -0.598 e. The minimum absolute atomic E-state index is 0. The van der Waals surface area contributed by atoms with E-state index >= 15 is 0 Å². The van der Waals surface area contributed by atoms with Crippen molar-refractivity contribution in [3.63, 3.8) is 0 Å². The summed E-state index contributed by atoms with van der Waals surface area (Å²) in [5.74, 6) is 0. The predicted molar refractivity (Wildman–Crippen MR) is 50.7 cm³/mol. The van der Waals surface area contributed by atoms with Crippen LogP contribution in [-0.4, -0.2) is 49.7 Å². The van der Waals surface area contributed by atoms with Gasteiger partial charge in [-0.2, -0.15) is 0 Å². The van der Waals surface area contributed by atoms with Crippen molar-refractivity contribution >= 4 is 8.25 Å². The summed E-state index contributed by atoms with van der Waals surface area (Å²) in [7, 11) is -3.37. The molecule has 0 fully saturated rings. The van der Waals surface area contributed by atoms with Crippen LogP contribution in [-0.2, 0) is 9.30 Å². The van der Waals surface area contributed by atoms with Crippen molar-refractivity contribution < 1.29 is 88.4 Å². The number of ether oxygens (including phenoxy) is 1. The smallest absolute Gasteiger partial charge is 0.598 e. The Kier molecular flexibility index (Phi) is 66.4. The fraction of sp³-hybridized carbons (Fsp3) is 1.00. The van der Waals surface area contributed by atoms with Crippen LogP contribution in [0, 0.1) is 0 Å². The van der Waals surface area contributed by atoms with E-state index in [0.717, 1.165) is 0 Å². The molecule has 0 aromatic heterocycles. The van der Waals surface area contributed by atoms with Gasteiger partial charge in [-0.25, -0.2) is 0 Å². The molecule has 8 nitrogen and oxygen atoms in total. The Morgan fingerprint density at radius 2 is 1.24 bits per heavy atom. The number of hydrogen-bond donors (Lipinski definition) is 4. The van der Waals surface area contributed by atoms with E-state index in [1.165, 1.54) is 0 Å². The van der Waals surface area contributed by atoms with Gasteiger partial charge in [0.15, 0.2) is 0 Å². The molecule has 17 heavy (non-hydrogen) atoms. The largest absolute Gasteiger partial charge is 1.00 e. The molecule has 0 aliphatic rings. The topological polar surface area (TPSA) is 165 Å². The van der Waals surface area contributed by atoms with Gasteiger partial charge in [-0.1, -0.05) is 4.57 Å². The van der Waals surface area contributed by atoms with Crippen LogP contribution in [0.4, 0.5) is 0 Å². The van der Waals surface area contributed by atoms with Crippen LogP contribution >= 0.6 is 8.25 Å². The van der Waals surface area contributed by atoms with E-state index in [1.54, 1.807) is 0 Å². The number of rotatable bonds is 5. The van der Waals surface area contributed by atoms with Gasteiger partial charge in [-0.15, -0.1) is 0 Å². The van der Waals surface area contributed by atoms with Crippen molar-refractivity contribution in [3.8, 4) is 0 Å². The van der Waals surface area contributed by atoms with Crippen LogP contribution in [0.15, 0.2) is 0 Å². The molecule has 0 saturated carbocycles. The number of aliphatic hydroxyl groups excluding tert-OH is 2. The molecular weight excluding hydrogens is 273 g/mol. The van der Waals surface area contributed by atoms with Crippen molar-refractivity contribution in [2.45, 2.75) is 0 Å². The predicted octanol–water partition coefficient (Wildman–Crippen LogP) is -9.74. The van der Waals surface area contributed by atoms with E-state index < -0.39 is 8.25 Å². The average Bonchev–Trinajstić information content (AvgIpc) is 2.18. The molecular formula is C6H18N2Na2O6P+. The molecule has 11 heteroatoms. The van der Waals surface area contributed by atoms with E-state index in [2.05, 4.69) is 4.74 Å². The Labute approximate surface area is 146 Å². The maximum Gasteiger partial charge on any atom is 1.00 e. The van der Waals surface area contributed by atoms with Gasteiger partial charge in [0.1, 0.15) is 0 Å². The first-order valence-electron chi connectivity index (χ1n) is 4.07. The number of aliphatic hydroxyl groups is 2. The van der Waals surface area contributed by atoms with Gasteiger partial charge in [-0.05, 0) is 0 Å². The second kappa shape index (κ2) is 36.1. The van der Waals surface area contributed by atoms with Gasteiger partial charge >= 0.3 is 59.1 Å². The molecule has 6 N–H and O–H groups in total. The van der Waals surface area contributed by atoms with Gasteiger partial charge in [0.2, 0.25) is 0 Å². The van der Waals surface area contributed by atoms with Crippen LogP contribution in [0.1, 0.15) is 0 Å². The SMILES string of the molecule is NCCN.O=[P+]([O-])[O-].OCCOCCO.[Na+].[Na+]. The van der Waals surface area contributed by atoms with Crippen molar-refractivity contribution in [2.24, 2.45) is 11.5 Å². The minimum atomic E-state index is -3.37. The zero-order valence-electron chi connectivity index (χ0n) is 10.4.